The molecule has 2 rings (SSSR count). The number of ether oxygens (including phenoxy) is 2. The van der Waals surface area contributed by atoms with Crippen LogP contribution in [0.4, 0.5) is 11.4 Å². The van der Waals surface area contributed by atoms with Crippen LogP contribution in [-0.2, 0) is 22.7 Å². The van der Waals surface area contributed by atoms with Crippen LogP contribution in [0.1, 0.15) is 94.2 Å². The van der Waals surface area contributed by atoms with Crippen molar-refractivity contribution in [2.75, 3.05) is 10.6 Å². The topological polar surface area (TPSA) is 42.5 Å². The van der Waals surface area contributed by atoms with Gasteiger partial charge in [-0.15, -0.1) is 0 Å². The largest absolute Gasteiger partial charge is 0.383 e. The van der Waals surface area contributed by atoms with E-state index in [1.165, 1.54) is 22.5 Å². The van der Waals surface area contributed by atoms with E-state index in [1.54, 1.807) is 0 Å². The monoisotopic (exact) mass is 474 g/mol. The van der Waals surface area contributed by atoms with Crippen LogP contribution in [0.2, 0.25) is 0 Å². The highest BCUT2D eigenvalue weighted by atomic mass is 16.5. The fourth-order valence-corrected chi connectivity index (χ4v) is 2.65. The van der Waals surface area contributed by atoms with E-state index in [1.807, 2.05) is 39.8 Å². The minimum Gasteiger partial charge on any atom is -0.383 e. The van der Waals surface area contributed by atoms with Crippen LogP contribution in [0.5, 0.6) is 0 Å². The summed E-state index contributed by atoms with van der Waals surface area (Å²) < 4.78 is 11.1. The van der Waals surface area contributed by atoms with Crippen molar-refractivity contribution in [2.24, 2.45) is 0 Å². The van der Waals surface area contributed by atoms with Gasteiger partial charge in [0, 0.05) is 29.0 Å². The first-order valence-electron chi connectivity index (χ1n) is 13.1. The van der Waals surface area contributed by atoms with E-state index >= 15 is 0 Å². The molecular weight excluding hydrogens is 420 g/mol. The molecule has 0 radical (unpaired) electrons. The number of anilines is 2. The van der Waals surface area contributed by atoms with Crippen LogP contribution in [0.15, 0.2) is 48.5 Å². The summed E-state index contributed by atoms with van der Waals surface area (Å²) in [6.45, 7) is 26.1. The summed E-state index contributed by atoms with van der Waals surface area (Å²) in [5.41, 5.74) is 4.78. The van der Waals surface area contributed by atoms with E-state index in [4.69, 9.17) is 9.47 Å². The van der Waals surface area contributed by atoms with Crippen molar-refractivity contribution >= 4 is 11.4 Å². The van der Waals surface area contributed by atoms with Crippen molar-refractivity contribution in [1.82, 2.24) is 0 Å². The standard InChI is InChI=1S/2C13H21NO.2C2H6/c1-10(2)14-13-7-5-12(6-8-13)9-15-11(3)4;1-10(2)14-13-8-6-5-7-12(13)9-15-11(3)4;2*1-2/h2*5-8,10-11,14H,9H2,1-4H3;2*1-2H3. The van der Waals surface area contributed by atoms with E-state index in [0.29, 0.717) is 31.4 Å². The van der Waals surface area contributed by atoms with Crippen molar-refractivity contribution in [2.45, 2.75) is 121 Å². The van der Waals surface area contributed by atoms with Gasteiger partial charge in [-0.1, -0.05) is 58.0 Å². The fourth-order valence-electron chi connectivity index (χ4n) is 2.65. The lowest BCUT2D eigenvalue weighted by Gasteiger charge is -2.15. The highest BCUT2D eigenvalue weighted by molar-refractivity contribution is 5.51. The van der Waals surface area contributed by atoms with Gasteiger partial charge in [0.05, 0.1) is 25.4 Å². The first kappa shape index (κ1) is 34.1. The summed E-state index contributed by atoms with van der Waals surface area (Å²) in [6, 6.07) is 17.6. The molecule has 0 heterocycles. The minimum atomic E-state index is 0.275. The van der Waals surface area contributed by atoms with Crippen molar-refractivity contribution in [1.29, 1.82) is 0 Å². The van der Waals surface area contributed by atoms with E-state index in [0.717, 1.165) is 0 Å². The number of para-hydroxylation sites is 1. The summed E-state index contributed by atoms with van der Waals surface area (Å²) in [7, 11) is 0. The molecular formula is C30H54N2O2. The Morgan fingerprint density at radius 1 is 0.588 bits per heavy atom. The van der Waals surface area contributed by atoms with Gasteiger partial charge in [-0.05, 0) is 79.2 Å². The van der Waals surface area contributed by atoms with E-state index in [-0.39, 0.29) is 6.10 Å². The molecule has 0 aromatic heterocycles. The second kappa shape index (κ2) is 21.5. The van der Waals surface area contributed by atoms with E-state index in [9.17, 15) is 0 Å². The maximum Gasteiger partial charge on any atom is 0.0740 e. The van der Waals surface area contributed by atoms with Gasteiger partial charge in [-0.2, -0.15) is 0 Å². The van der Waals surface area contributed by atoms with Crippen molar-refractivity contribution in [3.63, 3.8) is 0 Å². The second-order valence-electron chi connectivity index (χ2n) is 8.67. The minimum absolute atomic E-state index is 0.275. The molecule has 0 saturated carbocycles. The molecule has 34 heavy (non-hydrogen) atoms. The zero-order valence-corrected chi connectivity index (χ0v) is 24.2. The molecule has 2 N–H and O–H groups in total. The Bertz CT molecular complexity index is 695. The Morgan fingerprint density at radius 3 is 1.53 bits per heavy atom. The molecule has 0 aliphatic carbocycles. The third-order valence-electron chi connectivity index (χ3n) is 4.03. The normalized spacial score (nSPS) is 10.1. The van der Waals surface area contributed by atoms with Gasteiger partial charge >= 0.3 is 0 Å². The lowest BCUT2D eigenvalue weighted by Crippen LogP contribution is -2.12. The molecule has 0 spiro atoms. The van der Waals surface area contributed by atoms with Gasteiger partial charge < -0.3 is 20.1 Å². The number of rotatable bonds is 10. The highest BCUT2D eigenvalue weighted by Crippen LogP contribution is 2.17. The molecule has 0 atom stereocenters. The van der Waals surface area contributed by atoms with Crippen LogP contribution >= 0.6 is 0 Å². The summed E-state index contributed by atoms with van der Waals surface area (Å²) in [5.74, 6) is 0. The summed E-state index contributed by atoms with van der Waals surface area (Å²) in [5, 5.41) is 6.77. The third kappa shape index (κ3) is 18.4. The third-order valence-corrected chi connectivity index (χ3v) is 4.03. The van der Waals surface area contributed by atoms with Crippen LogP contribution in [0, 0.1) is 0 Å². The van der Waals surface area contributed by atoms with Crippen molar-refractivity contribution in [3.8, 4) is 0 Å². The lowest BCUT2D eigenvalue weighted by molar-refractivity contribution is 0.0656. The molecule has 0 aliphatic heterocycles. The SMILES string of the molecule is CC.CC.CC(C)Nc1ccc(COC(C)C)cc1.CC(C)Nc1ccccc1COC(C)C. The molecule has 0 bridgehead atoms. The maximum atomic E-state index is 5.61. The van der Waals surface area contributed by atoms with Gasteiger partial charge in [0.2, 0.25) is 0 Å². The van der Waals surface area contributed by atoms with Crippen LogP contribution in [0.3, 0.4) is 0 Å². The van der Waals surface area contributed by atoms with E-state index in [2.05, 4.69) is 102 Å². The van der Waals surface area contributed by atoms with Gasteiger partial charge in [0.15, 0.2) is 0 Å². The zero-order chi connectivity index (χ0) is 26.5. The smallest absolute Gasteiger partial charge is 0.0740 e. The highest BCUT2D eigenvalue weighted by Gasteiger charge is 2.04. The van der Waals surface area contributed by atoms with Crippen LogP contribution < -0.4 is 10.6 Å². The Balaban J connectivity index is 0. The molecule has 0 amide bonds. The molecule has 0 aliphatic rings. The van der Waals surface area contributed by atoms with Crippen LogP contribution in [-0.4, -0.2) is 24.3 Å². The zero-order valence-electron chi connectivity index (χ0n) is 24.2. The van der Waals surface area contributed by atoms with E-state index < -0.39 is 0 Å². The first-order valence-corrected chi connectivity index (χ1v) is 13.1. The van der Waals surface area contributed by atoms with Crippen LogP contribution in [0.25, 0.3) is 0 Å². The number of hydrogen-bond acceptors (Lipinski definition) is 4. The number of nitrogens with one attached hydrogen (secondary N) is 2. The molecule has 0 fully saturated rings. The predicted molar refractivity (Wildman–Crippen MR) is 153 cm³/mol. The molecule has 0 saturated heterocycles. The van der Waals surface area contributed by atoms with Gasteiger partial charge in [0.1, 0.15) is 0 Å². The molecule has 2 aromatic rings. The Morgan fingerprint density at radius 2 is 1.06 bits per heavy atom. The quantitative estimate of drug-likeness (QED) is 0.361. The second-order valence-corrected chi connectivity index (χ2v) is 8.67. The molecule has 196 valence electrons. The predicted octanol–water partition coefficient (Wildman–Crippen LogP) is 8.92. The Kier molecular flexibility index (Phi) is 21.6. The van der Waals surface area contributed by atoms with Gasteiger partial charge in [-0.3, -0.25) is 0 Å². The molecule has 2 aromatic carbocycles. The molecule has 4 nitrogen and oxygen atoms in total. The molecule has 4 heteroatoms. The lowest BCUT2D eigenvalue weighted by atomic mass is 10.1. The maximum absolute atomic E-state index is 5.61. The summed E-state index contributed by atoms with van der Waals surface area (Å²) in [4.78, 5) is 0. The van der Waals surface area contributed by atoms with Gasteiger partial charge in [0.25, 0.3) is 0 Å². The Hall–Kier alpha value is -2.04. The number of benzene rings is 2. The average molecular weight is 475 g/mol. The molecule has 0 unspecified atom stereocenters. The Labute approximate surface area is 211 Å². The van der Waals surface area contributed by atoms with Crippen molar-refractivity contribution < 1.29 is 9.47 Å². The van der Waals surface area contributed by atoms with Gasteiger partial charge in [-0.25, -0.2) is 0 Å². The summed E-state index contributed by atoms with van der Waals surface area (Å²) in [6.07, 6.45) is 0.565. The summed E-state index contributed by atoms with van der Waals surface area (Å²) >= 11 is 0. The average Bonchev–Trinajstić information content (AvgIpc) is 2.80. The first-order chi connectivity index (χ1) is 16.2. The fraction of sp³-hybridized carbons (Fsp3) is 0.600. The number of hydrogen-bond donors (Lipinski definition) is 2. The van der Waals surface area contributed by atoms with Crippen molar-refractivity contribution in [3.05, 3.63) is 59.7 Å².